The van der Waals surface area contributed by atoms with Crippen LogP contribution in [-0.2, 0) is 0 Å². The van der Waals surface area contributed by atoms with Gasteiger partial charge >= 0.3 is 0 Å². The van der Waals surface area contributed by atoms with E-state index in [-0.39, 0.29) is 0 Å². The summed E-state index contributed by atoms with van der Waals surface area (Å²) in [5.41, 5.74) is 8.86. The molecule has 1 atom stereocenters. The first kappa shape index (κ1) is 14.2. The number of hydrogen-bond acceptors (Lipinski definition) is 2. The minimum Gasteiger partial charge on any atom is -0.398 e. The maximum absolute atomic E-state index is 6.11. The Hall–Kier alpha value is -0.890. The first-order valence-electron chi connectivity index (χ1n) is 6.30. The highest BCUT2D eigenvalue weighted by molar-refractivity contribution is 6.33. The van der Waals surface area contributed by atoms with E-state index in [9.17, 15) is 0 Å². The third-order valence-electron chi connectivity index (χ3n) is 3.27. The number of aryl methyl sites for hydroxylation is 1. The third-order valence-corrected chi connectivity index (χ3v) is 3.59. The van der Waals surface area contributed by atoms with Crippen LogP contribution in [0.1, 0.15) is 32.8 Å². The molecule has 0 aliphatic heterocycles. The van der Waals surface area contributed by atoms with Crippen LogP contribution in [0.25, 0.3) is 0 Å². The second-order valence-corrected chi connectivity index (χ2v) is 5.12. The summed E-state index contributed by atoms with van der Waals surface area (Å²) in [6.45, 7) is 10.8. The molecule has 17 heavy (non-hydrogen) atoms. The molecule has 1 aromatic carbocycles. The van der Waals surface area contributed by atoms with E-state index in [1.807, 2.05) is 12.1 Å². The molecule has 1 aromatic rings. The van der Waals surface area contributed by atoms with Gasteiger partial charge in [0.05, 0.1) is 10.7 Å². The lowest BCUT2D eigenvalue weighted by molar-refractivity contribution is 0.547. The van der Waals surface area contributed by atoms with Crippen molar-refractivity contribution < 1.29 is 0 Å². The zero-order chi connectivity index (χ0) is 13.0. The summed E-state index contributed by atoms with van der Waals surface area (Å²) in [6, 6.07) is 3.94. The van der Waals surface area contributed by atoms with Crippen molar-refractivity contribution in [2.24, 2.45) is 5.92 Å². The topological polar surface area (TPSA) is 29.3 Å². The lowest BCUT2D eigenvalue weighted by Gasteiger charge is -2.28. The first-order valence-corrected chi connectivity index (χ1v) is 6.67. The molecule has 0 bridgehead atoms. The third kappa shape index (κ3) is 3.53. The van der Waals surface area contributed by atoms with Gasteiger partial charge in [-0.3, -0.25) is 0 Å². The molecule has 0 saturated carbocycles. The van der Waals surface area contributed by atoms with Crippen LogP contribution in [0, 0.1) is 12.8 Å². The SMILES string of the molecule is CCC(C)CN(CC)c1cc(Cl)c(N)cc1C. The summed E-state index contributed by atoms with van der Waals surface area (Å²) in [7, 11) is 0. The Morgan fingerprint density at radius 3 is 2.53 bits per heavy atom. The number of rotatable bonds is 5. The van der Waals surface area contributed by atoms with Crippen molar-refractivity contribution in [1.82, 2.24) is 0 Å². The van der Waals surface area contributed by atoms with Crippen molar-refractivity contribution in [1.29, 1.82) is 0 Å². The van der Waals surface area contributed by atoms with Gasteiger partial charge in [-0.15, -0.1) is 0 Å². The van der Waals surface area contributed by atoms with Crippen LogP contribution < -0.4 is 10.6 Å². The fraction of sp³-hybridized carbons (Fsp3) is 0.571. The number of benzene rings is 1. The van der Waals surface area contributed by atoms with Crippen LogP contribution in [-0.4, -0.2) is 13.1 Å². The molecular weight excluding hydrogens is 232 g/mol. The van der Waals surface area contributed by atoms with E-state index >= 15 is 0 Å². The largest absolute Gasteiger partial charge is 0.398 e. The average molecular weight is 255 g/mol. The lowest BCUT2D eigenvalue weighted by Crippen LogP contribution is -2.28. The molecule has 0 aliphatic rings. The molecular formula is C14H23ClN2. The molecule has 2 nitrogen and oxygen atoms in total. The van der Waals surface area contributed by atoms with Gasteiger partial charge in [-0.05, 0) is 37.5 Å². The van der Waals surface area contributed by atoms with Crippen LogP contribution in [0.2, 0.25) is 5.02 Å². The molecule has 96 valence electrons. The highest BCUT2D eigenvalue weighted by atomic mass is 35.5. The molecule has 0 heterocycles. The number of nitrogens with zero attached hydrogens (tertiary/aromatic N) is 1. The Balaban J connectivity index is 2.99. The standard InChI is InChI=1S/C14H23ClN2/c1-5-10(3)9-17(6-2)14-8-12(15)13(16)7-11(14)4/h7-8,10H,5-6,9,16H2,1-4H3. The first-order chi connectivity index (χ1) is 7.99. The lowest BCUT2D eigenvalue weighted by atomic mass is 10.1. The molecule has 0 radical (unpaired) electrons. The smallest absolute Gasteiger partial charge is 0.0656 e. The highest BCUT2D eigenvalue weighted by Crippen LogP contribution is 2.29. The summed E-state index contributed by atoms with van der Waals surface area (Å²) >= 11 is 6.11. The van der Waals surface area contributed by atoms with E-state index < -0.39 is 0 Å². The average Bonchev–Trinajstić information content (AvgIpc) is 2.30. The summed E-state index contributed by atoms with van der Waals surface area (Å²) < 4.78 is 0. The molecule has 0 aliphatic carbocycles. The Kier molecular flexibility index (Phi) is 5.13. The predicted octanol–water partition coefficient (Wildman–Crippen LogP) is 4.10. The molecule has 0 aromatic heterocycles. The van der Waals surface area contributed by atoms with Crippen LogP contribution in [0.3, 0.4) is 0 Å². The van der Waals surface area contributed by atoms with Gasteiger partial charge in [-0.25, -0.2) is 0 Å². The summed E-state index contributed by atoms with van der Waals surface area (Å²) in [5, 5.41) is 0.646. The predicted molar refractivity (Wildman–Crippen MR) is 77.9 cm³/mol. The molecule has 3 heteroatoms. The van der Waals surface area contributed by atoms with Crippen molar-refractivity contribution >= 4 is 23.0 Å². The van der Waals surface area contributed by atoms with Crippen LogP contribution >= 0.6 is 11.6 Å². The van der Waals surface area contributed by atoms with Gasteiger partial charge < -0.3 is 10.6 Å². The molecule has 1 rings (SSSR count). The highest BCUT2D eigenvalue weighted by Gasteiger charge is 2.12. The van der Waals surface area contributed by atoms with E-state index in [4.69, 9.17) is 17.3 Å². The molecule has 0 saturated heterocycles. The quantitative estimate of drug-likeness (QED) is 0.802. The van der Waals surface area contributed by atoms with Crippen molar-refractivity contribution in [2.75, 3.05) is 23.7 Å². The molecule has 0 spiro atoms. The van der Waals surface area contributed by atoms with Gasteiger partial charge in [0.2, 0.25) is 0 Å². The van der Waals surface area contributed by atoms with Crippen LogP contribution in [0.5, 0.6) is 0 Å². The summed E-state index contributed by atoms with van der Waals surface area (Å²) in [6.07, 6.45) is 1.19. The minimum absolute atomic E-state index is 0.646. The van der Waals surface area contributed by atoms with Gasteiger partial charge in [0.15, 0.2) is 0 Å². The van der Waals surface area contributed by atoms with Gasteiger partial charge in [0.1, 0.15) is 0 Å². The molecule has 1 unspecified atom stereocenters. The van der Waals surface area contributed by atoms with E-state index in [1.165, 1.54) is 17.7 Å². The Morgan fingerprint density at radius 2 is 2.00 bits per heavy atom. The van der Waals surface area contributed by atoms with Gasteiger partial charge in [0.25, 0.3) is 0 Å². The number of nitrogen functional groups attached to an aromatic ring is 1. The van der Waals surface area contributed by atoms with Crippen LogP contribution in [0.4, 0.5) is 11.4 Å². The number of halogens is 1. The monoisotopic (exact) mass is 254 g/mol. The van der Waals surface area contributed by atoms with Gasteiger partial charge in [0, 0.05) is 18.8 Å². The van der Waals surface area contributed by atoms with Crippen molar-refractivity contribution in [3.63, 3.8) is 0 Å². The normalized spacial score (nSPS) is 12.5. The molecule has 0 amide bonds. The second kappa shape index (κ2) is 6.15. The number of anilines is 2. The van der Waals surface area contributed by atoms with E-state index in [0.717, 1.165) is 13.1 Å². The number of nitrogens with two attached hydrogens (primary N) is 1. The Bertz CT molecular complexity index is 377. The Morgan fingerprint density at radius 1 is 1.35 bits per heavy atom. The maximum Gasteiger partial charge on any atom is 0.0656 e. The van der Waals surface area contributed by atoms with E-state index in [0.29, 0.717) is 16.6 Å². The fourth-order valence-corrected chi connectivity index (χ4v) is 2.10. The van der Waals surface area contributed by atoms with Crippen molar-refractivity contribution in [3.05, 3.63) is 22.7 Å². The second-order valence-electron chi connectivity index (χ2n) is 4.71. The molecule has 0 fully saturated rings. The van der Waals surface area contributed by atoms with Crippen molar-refractivity contribution in [2.45, 2.75) is 34.1 Å². The summed E-state index contributed by atoms with van der Waals surface area (Å²) in [4.78, 5) is 2.37. The van der Waals surface area contributed by atoms with E-state index in [1.54, 1.807) is 0 Å². The van der Waals surface area contributed by atoms with E-state index in [2.05, 4.69) is 32.6 Å². The molecule has 2 N–H and O–H groups in total. The zero-order valence-corrected chi connectivity index (χ0v) is 12.0. The van der Waals surface area contributed by atoms with Gasteiger partial charge in [-0.2, -0.15) is 0 Å². The fourth-order valence-electron chi connectivity index (χ4n) is 1.94. The number of hydrogen-bond donors (Lipinski definition) is 1. The van der Waals surface area contributed by atoms with Crippen LogP contribution in [0.15, 0.2) is 12.1 Å². The maximum atomic E-state index is 6.11. The zero-order valence-electron chi connectivity index (χ0n) is 11.3. The summed E-state index contributed by atoms with van der Waals surface area (Å²) in [5.74, 6) is 0.686. The minimum atomic E-state index is 0.646. The van der Waals surface area contributed by atoms with Gasteiger partial charge in [-0.1, -0.05) is 31.9 Å². The van der Waals surface area contributed by atoms with Crippen molar-refractivity contribution in [3.8, 4) is 0 Å². The Labute approximate surface area is 110 Å².